The molecule has 0 amide bonds. The van der Waals surface area contributed by atoms with E-state index in [4.69, 9.17) is 0 Å². The van der Waals surface area contributed by atoms with Gasteiger partial charge >= 0.3 is 0 Å². The first kappa shape index (κ1) is 15.3. The Labute approximate surface area is 112 Å². The quantitative estimate of drug-likeness (QED) is 0.716. The molecule has 0 aliphatic rings. The lowest BCUT2D eigenvalue weighted by molar-refractivity contribution is 0.298. The minimum atomic E-state index is 0.992. The molecule has 0 aliphatic heterocycles. The highest BCUT2D eigenvalue weighted by atomic mass is 15.1. The van der Waals surface area contributed by atoms with Gasteiger partial charge in [-0.3, -0.25) is 0 Å². The molecule has 0 radical (unpaired) electrons. The third-order valence-electron chi connectivity index (χ3n) is 3.92. The van der Waals surface area contributed by atoms with Crippen LogP contribution in [0, 0.1) is 13.8 Å². The lowest BCUT2D eigenvalue weighted by Gasteiger charge is -2.17. The molecule has 1 rings (SSSR count). The van der Waals surface area contributed by atoms with Crippen LogP contribution < -0.4 is 5.32 Å². The summed E-state index contributed by atoms with van der Waals surface area (Å²) < 4.78 is 2.26. The van der Waals surface area contributed by atoms with E-state index in [1.54, 1.807) is 0 Å². The zero-order valence-corrected chi connectivity index (χ0v) is 12.7. The van der Waals surface area contributed by atoms with Gasteiger partial charge in [-0.25, -0.2) is 0 Å². The van der Waals surface area contributed by atoms with Crippen molar-refractivity contribution in [2.24, 2.45) is 7.05 Å². The Morgan fingerprint density at radius 3 is 2.39 bits per heavy atom. The monoisotopic (exact) mass is 251 g/mol. The SMILES string of the molecule is CCN(CC)CCCNCc1cc(C)n(C)c1C. The fraction of sp³-hybridized carbons (Fsp3) is 0.733. The van der Waals surface area contributed by atoms with E-state index in [1.807, 2.05) is 0 Å². The second-order valence-corrected chi connectivity index (χ2v) is 5.01. The molecule has 1 aromatic rings. The number of hydrogen-bond donors (Lipinski definition) is 1. The maximum absolute atomic E-state index is 3.55. The van der Waals surface area contributed by atoms with Crippen LogP contribution in [-0.2, 0) is 13.6 Å². The highest BCUT2D eigenvalue weighted by Gasteiger charge is 2.05. The number of nitrogens with one attached hydrogen (secondary N) is 1. The lowest BCUT2D eigenvalue weighted by atomic mass is 10.2. The van der Waals surface area contributed by atoms with Gasteiger partial charge in [-0.1, -0.05) is 13.8 Å². The van der Waals surface area contributed by atoms with Gasteiger partial charge < -0.3 is 14.8 Å². The van der Waals surface area contributed by atoms with E-state index in [0.717, 1.165) is 26.2 Å². The molecule has 0 spiro atoms. The fourth-order valence-corrected chi connectivity index (χ4v) is 2.30. The summed E-state index contributed by atoms with van der Waals surface area (Å²) in [5.41, 5.74) is 4.15. The van der Waals surface area contributed by atoms with Gasteiger partial charge in [-0.2, -0.15) is 0 Å². The van der Waals surface area contributed by atoms with Gasteiger partial charge in [-0.05, 0) is 58.1 Å². The predicted octanol–water partition coefficient (Wildman–Crippen LogP) is 2.46. The fourth-order valence-electron chi connectivity index (χ4n) is 2.30. The van der Waals surface area contributed by atoms with Crippen molar-refractivity contribution < 1.29 is 0 Å². The third kappa shape index (κ3) is 4.14. The number of aromatic nitrogens is 1. The van der Waals surface area contributed by atoms with Crippen LogP contribution in [0.4, 0.5) is 0 Å². The summed E-state index contributed by atoms with van der Waals surface area (Å²) in [5, 5.41) is 3.55. The van der Waals surface area contributed by atoms with E-state index in [2.05, 4.69) is 55.6 Å². The average molecular weight is 251 g/mol. The molecule has 1 heterocycles. The van der Waals surface area contributed by atoms with Gasteiger partial charge in [0, 0.05) is 25.0 Å². The summed E-state index contributed by atoms with van der Waals surface area (Å²) in [4.78, 5) is 2.47. The topological polar surface area (TPSA) is 20.2 Å². The van der Waals surface area contributed by atoms with Crippen molar-refractivity contribution in [1.29, 1.82) is 0 Å². The first-order chi connectivity index (χ1) is 8.60. The summed E-state index contributed by atoms with van der Waals surface area (Å²) in [6.45, 7) is 14.4. The van der Waals surface area contributed by atoms with Crippen LogP contribution in [-0.4, -0.2) is 35.6 Å². The minimum absolute atomic E-state index is 0.992. The third-order valence-corrected chi connectivity index (χ3v) is 3.92. The molecule has 104 valence electrons. The number of rotatable bonds is 8. The van der Waals surface area contributed by atoms with E-state index >= 15 is 0 Å². The van der Waals surface area contributed by atoms with Crippen molar-refractivity contribution in [2.45, 2.75) is 40.7 Å². The number of aryl methyl sites for hydroxylation is 1. The van der Waals surface area contributed by atoms with Crippen molar-refractivity contribution in [3.8, 4) is 0 Å². The Kier molecular flexibility index (Phi) is 6.44. The molecule has 0 saturated heterocycles. The van der Waals surface area contributed by atoms with E-state index < -0.39 is 0 Å². The second kappa shape index (κ2) is 7.59. The van der Waals surface area contributed by atoms with Crippen LogP contribution in [0.1, 0.15) is 37.2 Å². The number of hydrogen-bond acceptors (Lipinski definition) is 2. The summed E-state index contributed by atoms with van der Waals surface area (Å²) in [6.07, 6.45) is 1.23. The Morgan fingerprint density at radius 2 is 1.89 bits per heavy atom. The Balaban J connectivity index is 2.24. The normalized spacial score (nSPS) is 11.4. The van der Waals surface area contributed by atoms with Crippen LogP contribution in [0.15, 0.2) is 6.07 Å². The molecule has 1 aromatic heterocycles. The largest absolute Gasteiger partial charge is 0.352 e. The molecule has 0 bridgehead atoms. The predicted molar refractivity (Wildman–Crippen MR) is 79.0 cm³/mol. The van der Waals surface area contributed by atoms with Crippen molar-refractivity contribution in [2.75, 3.05) is 26.2 Å². The summed E-state index contributed by atoms with van der Waals surface area (Å²) in [7, 11) is 2.13. The second-order valence-electron chi connectivity index (χ2n) is 5.01. The summed E-state index contributed by atoms with van der Waals surface area (Å²) in [6, 6.07) is 2.28. The summed E-state index contributed by atoms with van der Waals surface area (Å²) in [5.74, 6) is 0. The standard InChI is InChI=1S/C15H29N3/c1-6-18(7-2)10-8-9-16-12-15-11-13(3)17(5)14(15)4/h11,16H,6-10,12H2,1-5H3. The minimum Gasteiger partial charge on any atom is -0.352 e. The highest BCUT2D eigenvalue weighted by Crippen LogP contribution is 2.12. The molecular formula is C15H29N3. The molecule has 3 heteroatoms. The Bertz CT molecular complexity index is 351. The molecular weight excluding hydrogens is 222 g/mol. The average Bonchev–Trinajstić information content (AvgIpc) is 2.61. The van der Waals surface area contributed by atoms with Crippen LogP contribution in [0.3, 0.4) is 0 Å². The number of nitrogens with zero attached hydrogens (tertiary/aromatic N) is 2. The zero-order valence-electron chi connectivity index (χ0n) is 12.7. The highest BCUT2D eigenvalue weighted by molar-refractivity contribution is 5.26. The Hall–Kier alpha value is -0.800. The molecule has 0 fully saturated rings. The smallest absolute Gasteiger partial charge is 0.0223 e. The Morgan fingerprint density at radius 1 is 1.22 bits per heavy atom. The van der Waals surface area contributed by atoms with E-state index in [1.165, 1.54) is 29.9 Å². The molecule has 0 aromatic carbocycles. The lowest BCUT2D eigenvalue weighted by Crippen LogP contribution is -2.27. The van der Waals surface area contributed by atoms with Crippen molar-refractivity contribution in [1.82, 2.24) is 14.8 Å². The van der Waals surface area contributed by atoms with E-state index in [-0.39, 0.29) is 0 Å². The molecule has 0 atom stereocenters. The van der Waals surface area contributed by atoms with E-state index in [0.29, 0.717) is 0 Å². The van der Waals surface area contributed by atoms with Crippen LogP contribution in [0.5, 0.6) is 0 Å². The molecule has 1 N–H and O–H groups in total. The molecule has 0 saturated carbocycles. The van der Waals surface area contributed by atoms with Crippen LogP contribution >= 0.6 is 0 Å². The maximum Gasteiger partial charge on any atom is 0.0223 e. The molecule has 3 nitrogen and oxygen atoms in total. The molecule has 18 heavy (non-hydrogen) atoms. The van der Waals surface area contributed by atoms with Crippen LogP contribution in [0.25, 0.3) is 0 Å². The first-order valence-electron chi connectivity index (χ1n) is 7.15. The first-order valence-corrected chi connectivity index (χ1v) is 7.15. The van der Waals surface area contributed by atoms with Gasteiger partial charge in [0.05, 0.1) is 0 Å². The van der Waals surface area contributed by atoms with Gasteiger partial charge in [0.2, 0.25) is 0 Å². The zero-order chi connectivity index (χ0) is 13.5. The molecule has 0 unspecified atom stereocenters. The maximum atomic E-state index is 3.55. The van der Waals surface area contributed by atoms with Crippen molar-refractivity contribution >= 4 is 0 Å². The molecule has 0 aliphatic carbocycles. The van der Waals surface area contributed by atoms with Gasteiger partial charge in [0.15, 0.2) is 0 Å². The van der Waals surface area contributed by atoms with Gasteiger partial charge in [0.25, 0.3) is 0 Å². The van der Waals surface area contributed by atoms with E-state index in [9.17, 15) is 0 Å². The van der Waals surface area contributed by atoms with Crippen LogP contribution in [0.2, 0.25) is 0 Å². The van der Waals surface area contributed by atoms with Crippen molar-refractivity contribution in [3.63, 3.8) is 0 Å². The van der Waals surface area contributed by atoms with Gasteiger partial charge in [0.1, 0.15) is 0 Å². The van der Waals surface area contributed by atoms with Gasteiger partial charge in [-0.15, -0.1) is 0 Å². The summed E-state index contributed by atoms with van der Waals surface area (Å²) >= 11 is 0. The van der Waals surface area contributed by atoms with Crippen molar-refractivity contribution in [3.05, 3.63) is 23.0 Å².